The van der Waals surface area contributed by atoms with Gasteiger partial charge in [0.05, 0.1) is 43.8 Å². The molecule has 1 unspecified atom stereocenters. The zero-order chi connectivity index (χ0) is 24.5. The van der Waals surface area contributed by atoms with Crippen molar-refractivity contribution < 1.29 is 28.6 Å². The fraction of sp³-hybridized carbons (Fsp3) is 0.875. The molecule has 32 heavy (non-hydrogen) atoms. The van der Waals surface area contributed by atoms with Gasteiger partial charge in [-0.15, -0.1) is 0 Å². The minimum absolute atomic E-state index is 0.0573. The molecule has 0 saturated heterocycles. The zero-order valence-corrected chi connectivity index (χ0v) is 21.2. The lowest BCUT2D eigenvalue weighted by Gasteiger charge is -2.26. The molecule has 0 radical (unpaired) electrons. The molecule has 8 heteroatoms. The highest BCUT2D eigenvalue weighted by Gasteiger charge is 2.28. The summed E-state index contributed by atoms with van der Waals surface area (Å²) in [6.07, 6.45) is 3.04. The van der Waals surface area contributed by atoms with E-state index in [4.69, 9.17) is 14.2 Å². The van der Waals surface area contributed by atoms with Gasteiger partial charge < -0.3 is 24.8 Å². The summed E-state index contributed by atoms with van der Waals surface area (Å²) in [5, 5.41) is 6.13. The maximum Gasteiger partial charge on any atom is 0.298 e. The predicted octanol–water partition coefficient (Wildman–Crippen LogP) is 2.65. The Bertz CT molecular complexity index is 547. The molecule has 0 spiro atoms. The number of Topliss-reactive ketones (excluding diaryl/α,β-unsaturated/α-hetero) is 1. The lowest BCUT2D eigenvalue weighted by Crippen LogP contribution is -2.48. The molecular weight excluding hydrogens is 412 g/mol. The maximum atomic E-state index is 11.8. The highest BCUT2D eigenvalue weighted by Crippen LogP contribution is 2.17. The largest absolute Gasteiger partial charge is 0.379 e. The van der Waals surface area contributed by atoms with Gasteiger partial charge >= 0.3 is 0 Å². The van der Waals surface area contributed by atoms with Crippen LogP contribution >= 0.6 is 0 Å². The topological polar surface area (TPSA) is 107 Å². The van der Waals surface area contributed by atoms with Crippen LogP contribution in [0.15, 0.2) is 0 Å². The summed E-state index contributed by atoms with van der Waals surface area (Å²) in [7, 11) is 0. The molecule has 1 atom stereocenters. The molecule has 0 aliphatic rings. The van der Waals surface area contributed by atoms with Gasteiger partial charge in [0.15, 0.2) is 0 Å². The highest BCUT2D eigenvalue weighted by atomic mass is 16.5. The van der Waals surface area contributed by atoms with Gasteiger partial charge in [-0.1, -0.05) is 6.92 Å². The van der Waals surface area contributed by atoms with Gasteiger partial charge in [-0.05, 0) is 60.4 Å². The monoisotopic (exact) mass is 459 g/mol. The number of amides is 1. The second kappa shape index (κ2) is 17.2. The number of hydrogen-bond donors (Lipinski definition) is 2. The van der Waals surface area contributed by atoms with Crippen LogP contribution in [0.2, 0.25) is 0 Å². The molecule has 0 aromatic heterocycles. The number of carbonyl (C=O) groups is 2. The molecule has 0 aromatic rings. The van der Waals surface area contributed by atoms with Crippen molar-refractivity contribution in [1.29, 1.82) is 0 Å². The summed E-state index contributed by atoms with van der Waals surface area (Å²) in [6, 6.07) is 0. The Hall–Kier alpha value is -1.35. The highest BCUT2D eigenvalue weighted by molar-refractivity contribution is 5.88. The SMILES string of the molecule is CCC(C)(NCCCOCCOCCOCCCNC(=O)CCC(=[OH+])C(C)(C)C)C(C)=O. The van der Waals surface area contributed by atoms with E-state index in [0.717, 1.165) is 25.8 Å². The third kappa shape index (κ3) is 15.5. The number of ketones is 2. The lowest BCUT2D eigenvalue weighted by molar-refractivity contribution is -0.123. The second-order valence-electron chi connectivity index (χ2n) is 9.26. The van der Waals surface area contributed by atoms with Crippen molar-refractivity contribution in [3.05, 3.63) is 0 Å². The van der Waals surface area contributed by atoms with Gasteiger partial charge in [0, 0.05) is 26.2 Å². The quantitative estimate of drug-likeness (QED) is 0.214. The Kier molecular flexibility index (Phi) is 16.4. The third-order valence-corrected chi connectivity index (χ3v) is 5.45. The molecule has 0 saturated carbocycles. The molecule has 1 amide bonds. The summed E-state index contributed by atoms with van der Waals surface area (Å²) >= 11 is 0. The van der Waals surface area contributed by atoms with Crippen molar-refractivity contribution in [3.8, 4) is 0 Å². The van der Waals surface area contributed by atoms with E-state index < -0.39 is 5.54 Å². The average Bonchev–Trinajstić information content (AvgIpc) is 2.73. The van der Waals surface area contributed by atoms with E-state index in [1.165, 1.54) is 0 Å². The van der Waals surface area contributed by atoms with E-state index >= 15 is 0 Å². The van der Waals surface area contributed by atoms with Crippen molar-refractivity contribution >= 4 is 17.5 Å². The van der Waals surface area contributed by atoms with Gasteiger partial charge in [0.2, 0.25) is 5.91 Å². The van der Waals surface area contributed by atoms with Crippen LogP contribution in [0.4, 0.5) is 0 Å². The molecule has 8 nitrogen and oxygen atoms in total. The molecule has 0 rings (SSSR count). The Labute approximate surface area is 194 Å². The van der Waals surface area contributed by atoms with Gasteiger partial charge in [0.25, 0.3) is 5.78 Å². The van der Waals surface area contributed by atoms with Gasteiger partial charge in [-0.3, -0.25) is 14.4 Å². The summed E-state index contributed by atoms with van der Waals surface area (Å²) in [4.78, 5) is 33.2. The first kappa shape index (κ1) is 30.6. The Morgan fingerprint density at radius 2 is 1.31 bits per heavy atom. The van der Waals surface area contributed by atoms with Crippen molar-refractivity contribution in [1.82, 2.24) is 10.6 Å². The van der Waals surface area contributed by atoms with Crippen LogP contribution in [0.3, 0.4) is 0 Å². The molecule has 0 aliphatic heterocycles. The van der Waals surface area contributed by atoms with E-state index in [1.807, 2.05) is 34.6 Å². The van der Waals surface area contributed by atoms with Crippen LogP contribution in [0.5, 0.6) is 0 Å². The third-order valence-electron chi connectivity index (χ3n) is 5.45. The molecule has 3 N–H and O–H groups in total. The zero-order valence-electron chi connectivity index (χ0n) is 21.2. The fourth-order valence-electron chi connectivity index (χ4n) is 2.68. The molecule has 0 aromatic carbocycles. The van der Waals surface area contributed by atoms with E-state index in [-0.39, 0.29) is 17.1 Å². The van der Waals surface area contributed by atoms with E-state index in [9.17, 15) is 14.4 Å². The second-order valence-corrected chi connectivity index (χ2v) is 9.26. The van der Waals surface area contributed by atoms with Crippen LogP contribution in [0, 0.1) is 5.41 Å². The maximum absolute atomic E-state index is 11.8. The summed E-state index contributed by atoms with van der Waals surface area (Å²) in [5.74, 6) is 0.452. The van der Waals surface area contributed by atoms with E-state index in [1.54, 1.807) is 6.92 Å². The number of hydrogen-bond acceptors (Lipinski definition) is 6. The lowest BCUT2D eigenvalue weighted by atomic mass is 9.88. The standard InChI is InChI=1S/C24H46N2O6/c1-7-24(6,20(2)27)26-13-9-15-31-17-19-32-18-16-30-14-8-12-25-22(29)11-10-21(28)23(3,4)5/h26H,7-19H2,1-6H3,(H,25,29)/p+1. The van der Waals surface area contributed by atoms with Crippen molar-refractivity contribution in [3.63, 3.8) is 0 Å². The minimum Gasteiger partial charge on any atom is -0.379 e. The average molecular weight is 460 g/mol. The molecule has 188 valence electrons. The number of carbonyl (C=O) groups excluding carboxylic acids is 3. The number of ether oxygens (including phenoxy) is 3. The van der Waals surface area contributed by atoms with Gasteiger partial charge in [-0.2, -0.15) is 0 Å². The van der Waals surface area contributed by atoms with Gasteiger partial charge in [-0.25, -0.2) is 0 Å². The number of nitrogens with one attached hydrogen (secondary N) is 2. The molecule has 0 fully saturated rings. The molecular formula is C24H47N2O6+. The van der Waals surface area contributed by atoms with Crippen LogP contribution in [-0.2, 0) is 23.8 Å². The first-order chi connectivity index (χ1) is 15.0. The Balaban J connectivity index is 3.40. The van der Waals surface area contributed by atoms with Crippen molar-refractivity contribution in [2.75, 3.05) is 52.7 Å². The minimum atomic E-state index is -0.441. The van der Waals surface area contributed by atoms with Crippen LogP contribution in [0.1, 0.15) is 73.6 Å². The number of rotatable bonds is 20. The molecule has 0 heterocycles. The van der Waals surface area contributed by atoms with E-state index in [0.29, 0.717) is 64.8 Å². The summed E-state index contributed by atoms with van der Waals surface area (Å²) < 4.78 is 16.5. The van der Waals surface area contributed by atoms with Crippen molar-refractivity contribution in [2.24, 2.45) is 5.41 Å². The van der Waals surface area contributed by atoms with Crippen LogP contribution < -0.4 is 10.6 Å². The van der Waals surface area contributed by atoms with Crippen LogP contribution in [0.25, 0.3) is 0 Å². The van der Waals surface area contributed by atoms with Gasteiger partial charge in [0.1, 0.15) is 5.78 Å². The molecule has 0 aliphatic carbocycles. The first-order valence-electron chi connectivity index (χ1n) is 11.8. The van der Waals surface area contributed by atoms with Crippen LogP contribution in [-0.4, -0.2) is 80.5 Å². The molecule has 0 bridgehead atoms. The summed E-state index contributed by atoms with van der Waals surface area (Å²) in [5.41, 5.74) is -0.725. The van der Waals surface area contributed by atoms with Crippen molar-refractivity contribution in [2.45, 2.75) is 79.2 Å². The van der Waals surface area contributed by atoms with E-state index in [2.05, 4.69) is 10.6 Å². The predicted molar refractivity (Wildman–Crippen MR) is 128 cm³/mol. The Morgan fingerprint density at radius 3 is 1.78 bits per heavy atom. The summed E-state index contributed by atoms with van der Waals surface area (Å²) in [6.45, 7) is 15.9. The normalized spacial score (nSPS) is 13.6. The fourth-order valence-corrected chi connectivity index (χ4v) is 2.68. The Morgan fingerprint density at radius 1 is 0.812 bits per heavy atom. The first-order valence-corrected chi connectivity index (χ1v) is 11.8. The smallest absolute Gasteiger partial charge is 0.298 e.